The lowest BCUT2D eigenvalue weighted by molar-refractivity contribution is -0.122. The van der Waals surface area contributed by atoms with Crippen molar-refractivity contribution in [2.24, 2.45) is 11.8 Å². The molecule has 0 heterocycles. The maximum atomic E-state index is 11.4. The first kappa shape index (κ1) is 19.6. The molecule has 0 aromatic heterocycles. The van der Waals surface area contributed by atoms with E-state index >= 15 is 0 Å². The van der Waals surface area contributed by atoms with Crippen molar-refractivity contribution in [2.75, 3.05) is 39.6 Å². The Morgan fingerprint density at radius 2 is 1.30 bits per heavy atom. The van der Waals surface area contributed by atoms with Crippen LogP contribution >= 0.6 is 0 Å². The summed E-state index contributed by atoms with van der Waals surface area (Å²) < 4.78 is 16.2. The van der Waals surface area contributed by atoms with Gasteiger partial charge in [-0.25, -0.2) is 0 Å². The second kappa shape index (κ2) is 13.5. The molecule has 0 aliphatic carbocycles. The van der Waals surface area contributed by atoms with Crippen LogP contribution in [-0.4, -0.2) is 45.4 Å². The molecular weight excluding hydrogens is 256 g/mol. The predicted molar refractivity (Wildman–Crippen MR) is 81.0 cm³/mol. The zero-order valence-corrected chi connectivity index (χ0v) is 13.7. The second-order valence-electron chi connectivity index (χ2n) is 5.74. The summed E-state index contributed by atoms with van der Waals surface area (Å²) in [5.41, 5.74) is 0. The van der Waals surface area contributed by atoms with Gasteiger partial charge in [0.15, 0.2) is 0 Å². The molecule has 4 nitrogen and oxygen atoms in total. The van der Waals surface area contributed by atoms with E-state index in [9.17, 15) is 4.79 Å². The third kappa shape index (κ3) is 14.0. The van der Waals surface area contributed by atoms with Gasteiger partial charge in [-0.3, -0.25) is 4.79 Å². The van der Waals surface area contributed by atoms with E-state index in [1.165, 1.54) is 0 Å². The van der Waals surface area contributed by atoms with Crippen LogP contribution in [0.25, 0.3) is 0 Å². The number of ether oxygens (including phenoxy) is 3. The fourth-order valence-corrected chi connectivity index (χ4v) is 1.50. The van der Waals surface area contributed by atoms with Crippen LogP contribution in [0.2, 0.25) is 0 Å². The lowest BCUT2D eigenvalue weighted by atomic mass is 10.1. The van der Waals surface area contributed by atoms with Gasteiger partial charge in [0, 0.05) is 25.6 Å². The number of rotatable bonds is 14. The minimum absolute atomic E-state index is 0.133. The van der Waals surface area contributed by atoms with Crippen molar-refractivity contribution >= 4 is 5.78 Å². The Kier molecular flexibility index (Phi) is 13.2. The number of hydrogen-bond donors (Lipinski definition) is 0. The van der Waals surface area contributed by atoms with Gasteiger partial charge in [-0.05, 0) is 18.8 Å². The van der Waals surface area contributed by atoms with E-state index in [2.05, 4.69) is 13.8 Å². The van der Waals surface area contributed by atoms with Gasteiger partial charge in [-0.2, -0.15) is 0 Å². The Hall–Kier alpha value is -0.450. The van der Waals surface area contributed by atoms with Gasteiger partial charge < -0.3 is 14.2 Å². The molecule has 120 valence electrons. The van der Waals surface area contributed by atoms with E-state index in [-0.39, 0.29) is 5.92 Å². The zero-order valence-electron chi connectivity index (χ0n) is 13.7. The zero-order chi connectivity index (χ0) is 15.2. The van der Waals surface area contributed by atoms with Gasteiger partial charge in [0.25, 0.3) is 0 Å². The standard InChI is InChI=1S/C16H32O4/c1-14(2)7-9-19-11-13-20-12-10-18-8-5-6-16(17)15(3)4/h14-15H,5-13H2,1-4H3. The summed E-state index contributed by atoms with van der Waals surface area (Å²) in [6.07, 6.45) is 2.51. The van der Waals surface area contributed by atoms with Gasteiger partial charge >= 0.3 is 0 Å². The van der Waals surface area contributed by atoms with Crippen LogP contribution in [0.15, 0.2) is 0 Å². The first-order chi connectivity index (χ1) is 9.54. The minimum Gasteiger partial charge on any atom is -0.379 e. The molecule has 0 aromatic carbocycles. The lowest BCUT2D eigenvalue weighted by Gasteiger charge is -2.08. The number of Topliss-reactive ketones (excluding diaryl/α,β-unsaturated/α-hetero) is 1. The maximum absolute atomic E-state index is 11.4. The molecule has 0 aromatic rings. The molecule has 0 amide bonds. The Morgan fingerprint density at radius 1 is 0.800 bits per heavy atom. The third-order valence-corrected chi connectivity index (χ3v) is 2.94. The summed E-state index contributed by atoms with van der Waals surface area (Å²) in [5, 5.41) is 0. The summed E-state index contributed by atoms with van der Waals surface area (Å²) in [4.78, 5) is 11.4. The lowest BCUT2D eigenvalue weighted by Crippen LogP contribution is -2.12. The Balaban J connectivity index is 3.08. The van der Waals surface area contributed by atoms with E-state index in [1.807, 2.05) is 13.8 Å². The normalized spacial score (nSPS) is 11.5. The molecule has 0 unspecified atom stereocenters. The fourth-order valence-electron chi connectivity index (χ4n) is 1.50. The molecule has 0 radical (unpaired) electrons. The Bertz CT molecular complexity index is 227. The molecule has 0 saturated heterocycles. The number of ketones is 1. The Labute approximate surface area is 124 Å². The van der Waals surface area contributed by atoms with Gasteiger partial charge in [0.05, 0.1) is 26.4 Å². The van der Waals surface area contributed by atoms with Crippen LogP contribution in [0.1, 0.15) is 47.0 Å². The van der Waals surface area contributed by atoms with Crippen LogP contribution < -0.4 is 0 Å². The first-order valence-corrected chi connectivity index (χ1v) is 7.80. The fraction of sp³-hybridized carbons (Fsp3) is 0.938. The van der Waals surface area contributed by atoms with Crippen molar-refractivity contribution in [3.63, 3.8) is 0 Å². The quantitative estimate of drug-likeness (QED) is 0.461. The van der Waals surface area contributed by atoms with E-state index in [4.69, 9.17) is 14.2 Å². The topological polar surface area (TPSA) is 44.8 Å². The molecule has 4 heteroatoms. The molecular formula is C16H32O4. The molecule has 0 fully saturated rings. The van der Waals surface area contributed by atoms with E-state index in [1.54, 1.807) is 0 Å². The summed E-state index contributed by atoms with van der Waals surface area (Å²) >= 11 is 0. The van der Waals surface area contributed by atoms with Gasteiger partial charge in [-0.15, -0.1) is 0 Å². The SMILES string of the molecule is CC(C)CCOCCOCCOCCCC(=O)C(C)C. The maximum Gasteiger partial charge on any atom is 0.135 e. The number of carbonyl (C=O) groups is 1. The van der Waals surface area contributed by atoms with Crippen molar-refractivity contribution in [3.05, 3.63) is 0 Å². The Morgan fingerprint density at radius 3 is 1.80 bits per heavy atom. The molecule has 0 aliphatic rings. The summed E-state index contributed by atoms with van der Waals surface area (Å²) in [7, 11) is 0. The molecule has 0 saturated carbocycles. The van der Waals surface area contributed by atoms with Crippen molar-refractivity contribution in [3.8, 4) is 0 Å². The van der Waals surface area contributed by atoms with E-state index < -0.39 is 0 Å². The van der Waals surface area contributed by atoms with Crippen molar-refractivity contribution in [2.45, 2.75) is 47.0 Å². The summed E-state index contributed by atoms with van der Waals surface area (Å²) in [6.45, 7) is 12.1. The van der Waals surface area contributed by atoms with Gasteiger partial charge in [0.1, 0.15) is 5.78 Å². The molecule has 0 aliphatic heterocycles. The van der Waals surface area contributed by atoms with E-state index in [0.717, 1.165) is 19.4 Å². The third-order valence-electron chi connectivity index (χ3n) is 2.94. The van der Waals surface area contributed by atoms with Crippen molar-refractivity contribution in [1.82, 2.24) is 0 Å². The highest BCUT2D eigenvalue weighted by Crippen LogP contribution is 2.01. The van der Waals surface area contributed by atoms with Crippen molar-refractivity contribution < 1.29 is 19.0 Å². The van der Waals surface area contributed by atoms with Crippen LogP contribution in [0.5, 0.6) is 0 Å². The molecule has 0 bridgehead atoms. The molecule has 0 N–H and O–H groups in total. The smallest absolute Gasteiger partial charge is 0.135 e. The molecule has 0 spiro atoms. The molecule has 20 heavy (non-hydrogen) atoms. The van der Waals surface area contributed by atoms with Crippen LogP contribution in [-0.2, 0) is 19.0 Å². The second-order valence-corrected chi connectivity index (χ2v) is 5.74. The highest BCUT2D eigenvalue weighted by atomic mass is 16.5. The average molecular weight is 288 g/mol. The predicted octanol–water partition coefficient (Wildman–Crippen LogP) is 3.09. The number of hydrogen-bond acceptors (Lipinski definition) is 4. The van der Waals surface area contributed by atoms with Crippen LogP contribution in [0.4, 0.5) is 0 Å². The van der Waals surface area contributed by atoms with Gasteiger partial charge in [0.2, 0.25) is 0 Å². The number of carbonyl (C=O) groups excluding carboxylic acids is 1. The highest BCUT2D eigenvalue weighted by molar-refractivity contribution is 5.80. The van der Waals surface area contributed by atoms with Crippen molar-refractivity contribution in [1.29, 1.82) is 0 Å². The van der Waals surface area contributed by atoms with Crippen LogP contribution in [0.3, 0.4) is 0 Å². The average Bonchev–Trinajstić information content (AvgIpc) is 2.39. The molecule has 0 rings (SSSR count). The van der Waals surface area contributed by atoms with E-state index in [0.29, 0.717) is 51.2 Å². The highest BCUT2D eigenvalue weighted by Gasteiger charge is 2.05. The monoisotopic (exact) mass is 288 g/mol. The first-order valence-electron chi connectivity index (χ1n) is 7.80. The summed E-state index contributed by atoms with van der Waals surface area (Å²) in [6, 6.07) is 0. The van der Waals surface area contributed by atoms with Crippen LogP contribution in [0, 0.1) is 11.8 Å². The largest absolute Gasteiger partial charge is 0.379 e. The molecule has 0 atom stereocenters. The minimum atomic E-state index is 0.133. The van der Waals surface area contributed by atoms with Gasteiger partial charge in [-0.1, -0.05) is 27.7 Å². The summed E-state index contributed by atoms with van der Waals surface area (Å²) in [5.74, 6) is 1.13.